The third-order valence-electron chi connectivity index (χ3n) is 6.78. The number of anilines is 2. The lowest BCUT2D eigenvalue weighted by atomic mass is 10.0. The number of piperidine rings is 1. The maximum absolute atomic E-state index is 14.5. The van der Waals surface area contributed by atoms with Crippen molar-refractivity contribution in [2.24, 2.45) is 0 Å². The minimum atomic E-state index is -4.70. The molecule has 6 nitrogen and oxygen atoms in total. The van der Waals surface area contributed by atoms with Crippen molar-refractivity contribution in [2.45, 2.75) is 37.7 Å². The van der Waals surface area contributed by atoms with Crippen LogP contribution in [0.3, 0.4) is 0 Å². The Balaban J connectivity index is 1.61. The summed E-state index contributed by atoms with van der Waals surface area (Å²) in [7, 11) is 3.26. The van der Waals surface area contributed by atoms with Crippen LogP contribution < -0.4 is 20.7 Å². The van der Waals surface area contributed by atoms with Gasteiger partial charge < -0.3 is 25.6 Å². The number of rotatable bonds is 8. The van der Waals surface area contributed by atoms with Crippen LogP contribution in [0.15, 0.2) is 30.3 Å². The van der Waals surface area contributed by atoms with Gasteiger partial charge in [-0.15, -0.1) is 11.3 Å². The van der Waals surface area contributed by atoms with Gasteiger partial charge in [0.05, 0.1) is 39.5 Å². The Labute approximate surface area is 247 Å². The Hall–Kier alpha value is -3.70. The SMILES string of the molecule is CNC(=O)c1cc(OCC(F)(F)F)c(NCC#Cc2sc3c(NC4CCN(C)CC4)cccc3c2CC(F)(F)F)cc1F. The molecule has 232 valence electrons. The van der Waals surface area contributed by atoms with Crippen molar-refractivity contribution in [3.8, 4) is 17.6 Å². The molecule has 1 fully saturated rings. The van der Waals surface area contributed by atoms with Gasteiger partial charge in [0.25, 0.3) is 5.91 Å². The Morgan fingerprint density at radius 1 is 1.09 bits per heavy atom. The molecule has 0 saturated carbocycles. The number of ether oxygens (including phenoxy) is 1. The number of benzene rings is 2. The van der Waals surface area contributed by atoms with Gasteiger partial charge in [0, 0.05) is 19.2 Å². The summed E-state index contributed by atoms with van der Waals surface area (Å²) in [5.74, 6) is 3.11. The predicted octanol–water partition coefficient (Wildman–Crippen LogP) is 6.42. The van der Waals surface area contributed by atoms with Gasteiger partial charge in [0.2, 0.25) is 0 Å². The van der Waals surface area contributed by atoms with Gasteiger partial charge in [-0.1, -0.05) is 24.0 Å². The predicted molar refractivity (Wildman–Crippen MR) is 152 cm³/mol. The molecule has 0 bridgehead atoms. The average Bonchev–Trinajstić information content (AvgIpc) is 3.27. The molecule has 0 spiro atoms. The number of fused-ring (bicyclic) bond motifs is 1. The summed E-state index contributed by atoms with van der Waals surface area (Å²) in [6.07, 6.45) is -8.59. The normalized spacial score (nSPS) is 14.7. The maximum atomic E-state index is 14.5. The van der Waals surface area contributed by atoms with Crippen LogP contribution in [0.25, 0.3) is 10.1 Å². The summed E-state index contributed by atoms with van der Waals surface area (Å²) in [5.41, 5.74) is 0.0233. The molecule has 3 aromatic rings. The van der Waals surface area contributed by atoms with Gasteiger partial charge in [0.15, 0.2) is 6.61 Å². The Kier molecular flexibility index (Phi) is 9.96. The van der Waals surface area contributed by atoms with E-state index < -0.39 is 48.4 Å². The first-order valence-electron chi connectivity index (χ1n) is 13.3. The van der Waals surface area contributed by atoms with Crippen LogP contribution in [0, 0.1) is 17.7 Å². The topological polar surface area (TPSA) is 65.6 Å². The third-order valence-corrected chi connectivity index (χ3v) is 7.97. The van der Waals surface area contributed by atoms with Crippen molar-refractivity contribution in [3.63, 3.8) is 0 Å². The minimum Gasteiger partial charge on any atom is -0.482 e. The smallest absolute Gasteiger partial charge is 0.422 e. The highest BCUT2D eigenvalue weighted by Gasteiger charge is 2.32. The molecule has 14 heteroatoms. The van der Waals surface area contributed by atoms with Crippen molar-refractivity contribution < 1.29 is 40.3 Å². The van der Waals surface area contributed by atoms with Crippen LogP contribution in [0.1, 0.15) is 33.6 Å². The molecule has 1 aliphatic heterocycles. The van der Waals surface area contributed by atoms with Gasteiger partial charge in [-0.3, -0.25) is 4.79 Å². The number of halogens is 7. The molecule has 0 aliphatic carbocycles. The summed E-state index contributed by atoms with van der Waals surface area (Å²) in [6.45, 7) is -0.144. The van der Waals surface area contributed by atoms with Crippen molar-refractivity contribution >= 4 is 38.7 Å². The van der Waals surface area contributed by atoms with Crippen LogP contribution in [0.2, 0.25) is 0 Å². The molecule has 0 atom stereocenters. The van der Waals surface area contributed by atoms with E-state index in [4.69, 9.17) is 4.74 Å². The number of hydrogen-bond donors (Lipinski definition) is 3. The fraction of sp³-hybridized carbons (Fsp3) is 0.414. The zero-order valence-corrected chi connectivity index (χ0v) is 24.0. The third kappa shape index (κ3) is 8.67. The van der Waals surface area contributed by atoms with Crippen molar-refractivity contribution in [2.75, 3.05) is 51.0 Å². The molecule has 3 N–H and O–H groups in total. The second-order valence-electron chi connectivity index (χ2n) is 10.1. The molecular formula is C29H29F7N4O2S. The van der Waals surface area contributed by atoms with Crippen LogP contribution >= 0.6 is 11.3 Å². The van der Waals surface area contributed by atoms with Crippen LogP contribution in [-0.2, 0) is 6.42 Å². The number of likely N-dealkylation sites (tertiary alicyclic amines) is 1. The van der Waals surface area contributed by atoms with E-state index in [-0.39, 0.29) is 28.7 Å². The van der Waals surface area contributed by atoms with E-state index >= 15 is 0 Å². The fourth-order valence-corrected chi connectivity index (χ4v) is 5.85. The van der Waals surface area contributed by atoms with Crippen molar-refractivity contribution in [1.82, 2.24) is 10.2 Å². The number of nitrogens with zero attached hydrogens (tertiary/aromatic N) is 1. The average molecular weight is 631 g/mol. The molecule has 1 aromatic heterocycles. The highest BCUT2D eigenvalue weighted by atomic mass is 32.1. The Morgan fingerprint density at radius 3 is 2.47 bits per heavy atom. The molecule has 2 heterocycles. The Bertz CT molecular complexity index is 1520. The number of amides is 1. The molecule has 0 unspecified atom stereocenters. The van der Waals surface area contributed by atoms with Crippen LogP contribution in [0.4, 0.5) is 42.1 Å². The number of carbonyl (C=O) groups is 1. The van der Waals surface area contributed by atoms with Gasteiger partial charge in [-0.2, -0.15) is 26.3 Å². The molecule has 0 radical (unpaired) electrons. The largest absolute Gasteiger partial charge is 0.482 e. The number of thiophene rings is 1. The standard InChI is InChI=1S/C29H29F7N4O2S/c1-37-27(41)19-13-24(42-16-29(34,35)36)23(14-21(19)30)38-10-4-7-25-20(15-28(31,32)33)18-5-3-6-22(26(18)43-25)39-17-8-11-40(2)12-9-17/h3,5-6,13-14,17,38-39H,8-12,15-16H2,1-2H3,(H,37,41). The quantitative estimate of drug-likeness (QED) is 0.198. The second-order valence-corrected chi connectivity index (χ2v) is 11.1. The highest BCUT2D eigenvalue weighted by Crippen LogP contribution is 2.39. The summed E-state index contributed by atoms with van der Waals surface area (Å²) >= 11 is 1.12. The highest BCUT2D eigenvalue weighted by molar-refractivity contribution is 7.20. The molecule has 1 amide bonds. The fourth-order valence-electron chi connectivity index (χ4n) is 4.68. The van der Waals surface area contributed by atoms with E-state index in [2.05, 4.69) is 32.7 Å². The van der Waals surface area contributed by atoms with Crippen LogP contribution in [-0.4, -0.2) is 69.5 Å². The number of carbonyl (C=O) groups excluding carboxylic acids is 1. The summed E-state index contributed by atoms with van der Waals surface area (Å²) in [5, 5.41) is 8.74. The minimum absolute atomic E-state index is 0.0298. The second kappa shape index (κ2) is 13.3. The monoisotopic (exact) mass is 630 g/mol. The first kappa shape index (κ1) is 32.2. The van der Waals surface area contributed by atoms with E-state index in [1.165, 1.54) is 7.05 Å². The Morgan fingerprint density at radius 2 is 1.81 bits per heavy atom. The summed E-state index contributed by atoms with van der Waals surface area (Å²) in [4.78, 5) is 14.3. The lowest BCUT2D eigenvalue weighted by molar-refractivity contribution is -0.153. The lowest BCUT2D eigenvalue weighted by Gasteiger charge is -2.30. The first-order chi connectivity index (χ1) is 20.2. The molecular weight excluding hydrogens is 601 g/mol. The zero-order chi connectivity index (χ0) is 31.4. The molecule has 1 saturated heterocycles. The molecule has 43 heavy (non-hydrogen) atoms. The van der Waals surface area contributed by atoms with E-state index in [1.807, 2.05) is 13.1 Å². The maximum Gasteiger partial charge on any atom is 0.422 e. The zero-order valence-electron chi connectivity index (χ0n) is 23.2. The lowest BCUT2D eigenvalue weighted by Crippen LogP contribution is -2.36. The number of nitrogens with one attached hydrogen (secondary N) is 3. The number of alkyl halides is 6. The first-order valence-corrected chi connectivity index (χ1v) is 14.1. The van der Waals surface area contributed by atoms with E-state index in [9.17, 15) is 35.5 Å². The van der Waals surface area contributed by atoms with E-state index in [1.54, 1.807) is 12.1 Å². The number of hydrogen-bond acceptors (Lipinski definition) is 6. The van der Waals surface area contributed by atoms with Gasteiger partial charge in [0.1, 0.15) is 11.6 Å². The molecule has 4 rings (SSSR count). The summed E-state index contributed by atoms with van der Waals surface area (Å²) in [6, 6.07) is 6.96. The summed E-state index contributed by atoms with van der Waals surface area (Å²) < 4.78 is 99.0. The van der Waals surface area contributed by atoms with E-state index in [0.29, 0.717) is 10.1 Å². The van der Waals surface area contributed by atoms with Gasteiger partial charge >= 0.3 is 12.4 Å². The van der Waals surface area contributed by atoms with Crippen LogP contribution in [0.5, 0.6) is 5.75 Å². The molecule has 2 aromatic carbocycles. The van der Waals surface area contributed by atoms with Gasteiger partial charge in [-0.05, 0) is 56.1 Å². The molecule has 1 aliphatic rings. The van der Waals surface area contributed by atoms with Gasteiger partial charge in [-0.25, -0.2) is 4.39 Å². The van der Waals surface area contributed by atoms with Crippen molar-refractivity contribution in [1.29, 1.82) is 0 Å². The van der Waals surface area contributed by atoms with E-state index in [0.717, 1.165) is 55.1 Å². The van der Waals surface area contributed by atoms with Crippen molar-refractivity contribution in [3.05, 3.63) is 52.2 Å².